The number of aromatic nitrogens is 1. The zero-order valence-electron chi connectivity index (χ0n) is 7.38. The highest BCUT2D eigenvalue weighted by atomic mass is 79.9. The lowest BCUT2D eigenvalue weighted by atomic mass is 10.3. The third kappa shape index (κ3) is 3.47. The van der Waals surface area contributed by atoms with E-state index in [1.54, 1.807) is 19.5 Å². The Hall–Kier alpha value is -1.01. The lowest BCUT2D eigenvalue weighted by Gasteiger charge is -1.97. The zero-order valence-corrected chi connectivity index (χ0v) is 8.97. The van der Waals surface area contributed by atoms with Crippen molar-refractivity contribution < 1.29 is 4.74 Å². The molecule has 1 aromatic rings. The van der Waals surface area contributed by atoms with Crippen molar-refractivity contribution in [3.63, 3.8) is 0 Å². The number of nitrogens with zero attached hydrogens (tertiary/aromatic N) is 1. The third-order valence-electron chi connectivity index (χ3n) is 1.40. The van der Waals surface area contributed by atoms with E-state index in [1.807, 2.05) is 6.07 Å². The van der Waals surface area contributed by atoms with Crippen molar-refractivity contribution >= 4 is 15.9 Å². The van der Waals surface area contributed by atoms with Gasteiger partial charge in [-0.05, 0) is 6.07 Å². The van der Waals surface area contributed by atoms with Crippen molar-refractivity contribution in [1.29, 1.82) is 0 Å². The minimum absolute atomic E-state index is 0.741. The van der Waals surface area contributed by atoms with Crippen LogP contribution in [0.5, 0.6) is 5.75 Å². The molecule has 68 valence electrons. The van der Waals surface area contributed by atoms with Crippen LogP contribution >= 0.6 is 15.9 Å². The van der Waals surface area contributed by atoms with E-state index >= 15 is 0 Å². The van der Waals surface area contributed by atoms with E-state index in [1.165, 1.54) is 0 Å². The normalized spacial score (nSPS) is 8.77. The average Bonchev–Trinajstić information content (AvgIpc) is 2.19. The summed E-state index contributed by atoms with van der Waals surface area (Å²) < 4.78 is 5.02. The predicted octanol–water partition coefficient (Wildman–Crippen LogP) is 2.23. The highest BCUT2D eigenvalue weighted by Gasteiger charge is 1.91. The monoisotopic (exact) mass is 239 g/mol. The summed E-state index contributed by atoms with van der Waals surface area (Å²) in [6.45, 7) is 0. The molecule has 0 bridgehead atoms. The van der Waals surface area contributed by atoms with Gasteiger partial charge in [0.2, 0.25) is 0 Å². The van der Waals surface area contributed by atoms with Crippen LogP contribution in [-0.4, -0.2) is 17.4 Å². The molecule has 1 aromatic heterocycles. The Morgan fingerprint density at radius 3 is 3.08 bits per heavy atom. The van der Waals surface area contributed by atoms with Crippen molar-refractivity contribution in [2.24, 2.45) is 0 Å². The third-order valence-corrected chi connectivity index (χ3v) is 1.80. The fourth-order valence-electron chi connectivity index (χ4n) is 0.811. The number of methoxy groups -OCH3 is 1. The van der Waals surface area contributed by atoms with Crippen LogP contribution in [0, 0.1) is 11.8 Å². The van der Waals surface area contributed by atoms with Gasteiger partial charge in [0.25, 0.3) is 0 Å². The summed E-state index contributed by atoms with van der Waals surface area (Å²) in [7, 11) is 1.62. The maximum Gasteiger partial charge on any atom is 0.138 e. The van der Waals surface area contributed by atoms with Gasteiger partial charge in [-0.15, -0.1) is 0 Å². The highest BCUT2D eigenvalue weighted by molar-refractivity contribution is 9.09. The molecule has 0 aliphatic heterocycles. The van der Waals surface area contributed by atoms with Crippen molar-refractivity contribution in [3.8, 4) is 17.6 Å². The highest BCUT2D eigenvalue weighted by Crippen LogP contribution is 2.08. The van der Waals surface area contributed by atoms with E-state index in [0.29, 0.717) is 0 Å². The molecular weight excluding hydrogens is 230 g/mol. The first-order chi connectivity index (χ1) is 6.36. The molecule has 0 aliphatic carbocycles. The number of hydrogen-bond acceptors (Lipinski definition) is 2. The van der Waals surface area contributed by atoms with Crippen LogP contribution in [0.25, 0.3) is 0 Å². The number of hydrogen-bond donors (Lipinski definition) is 0. The molecule has 0 aromatic carbocycles. The van der Waals surface area contributed by atoms with Crippen molar-refractivity contribution in [3.05, 3.63) is 24.0 Å². The molecule has 0 unspecified atom stereocenters. The van der Waals surface area contributed by atoms with Crippen LogP contribution in [0.2, 0.25) is 0 Å². The fraction of sp³-hybridized carbons (Fsp3) is 0.300. The van der Waals surface area contributed by atoms with E-state index < -0.39 is 0 Å². The summed E-state index contributed by atoms with van der Waals surface area (Å²) in [5.41, 5.74) is 0.889. The number of ether oxygens (including phenoxy) is 1. The van der Waals surface area contributed by atoms with E-state index in [0.717, 1.165) is 23.1 Å². The lowest BCUT2D eigenvalue weighted by Crippen LogP contribution is -1.85. The first kappa shape index (κ1) is 10.1. The molecule has 0 atom stereocenters. The SMILES string of the molecule is COc1cncc(C#CCCBr)c1. The molecule has 1 heterocycles. The van der Waals surface area contributed by atoms with Crippen molar-refractivity contribution in [1.82, 2.24) is 4.98 Å². The molecule has 0 saturated carbocycles. The average molecular weight is 240 g/mol. The summed E-state index contributed by atoms with van der Waals surface area (Å²) >= 11 is 3.31. The van der Waals surface area contributed by atoms with Crippen LogP contribution < -0.4 is 4.74 Å². The topological polar surface area (TPSA) is 22.1 Å². The molecular formula is C10H10BrNO. The minimum Gasteiger partial charge on any atom is -0.495 e. The van der Waals surface area contributed by atoms with Gasteiger partial charge >= 0.3 is 0 Å². The summed E-state index contributed by atoms with van der Waals surface area (Å²) in [6, 6.07) is 1.87. The molecule has 0 N–H and O–H groups in total. The molecule has 0 amide bonds. The Labute approximate surface area is 86.5 Å². The first-order valence-corrected chi connectivity index (χ1v) is 5.03. The quantitative estimate of drug-likeness (QED) is 0.584. The number of alkyl halides is 1. The van der Waals surface area contributed by atoms with E-state index in [4.69, 9.17) is 4.74 Å². The molecule has 0 aliphatic rings. The van der Waals surface area contributed by atoms with Crippen LogP contribution in [-0.2, 0) is 0 Å². The van der Waals surface area contributed by atoms with Gasteiger partial charge in [0.05, 0.1) is 13.3 Å². The van der Waals surface area contributed by atoms with E-state index in [-0.39, 0.29) is 0 Å². The van der Waals surface area contributed by atoms with Gasteiger partial charge < -0.3 is 4.74 Å². The van der Waals surface area contributed by atoms with Gasteiger partial charge in [-0.25, -0.2) is 0 Å². The van der Waals surface area contributed by atoms with Crippen molar-refractivity contribution in [2.45, 2.75) is 6.42 Å². The second kappa shape index (κ2) is 5.60. The van der Waals surface area contributed by atoms with Gasteiger partial charge in [0.1, 0.15) is 5.75 Å². The van der Waals surface area contributed by atoms with Gasteiger partial charge in [0.15, 0.2) is 0 Å². The molecule has 13 heavy (non-hydrogen) atoms. The van der Waals surface area contributed by atoms with Gasteiger partial charge in [-0.2, -0.15) is 0 Å². The van der Waals surface area contributed by atoms with E-state index in [9.17, 15) is 0 Å². The minimum atomic E-state index is 0.741. The Morgan fingerprint density at radius 2 is 2.38 bits per heavy atom. The largest absolute Gasteiger partial charge is 0.495 e. The summed E-state index contributed by atoms with van der Waals surface area (Å²) in [4.78, 5) is 3.99. The maximum absolute atomic E-state index is 5.02. The molecule has 1 rings (SSSR count). The van der Waals surface area contributed by atoms with Gasteiger partial charge in [-0.3, -0.25) is 4.98 Å². The van der Waals surface area contributed by atoms with Crippen LogP contribution in [0.15, 0.2) is 18.5 Å². The summed E-state index contributed by atoms with van der Waals surface area (Å²) in [6.07, 6.45) is 4.23. The lowest BCUT2D eigenvalue weighted by molar-refractivity contribution is 0.413. The predicted molar refractivity (Wildman–Crippen MR) is 56.1 cm³/mol. The van der Waals surface area contributed by atoms with Gasteiger partial charge in [0, 0.05) is 23.5 Å². The number of halogens is 1. The maximum atomic E-state index is 5.02. The number of rotatable bonds is 2. The Balaban J connectivity index is 2.73. The van der Waals surface area contributed by atoms with E-state index in [2.05, 4.69) is 32.8 Å². The van der Waals surface area contributed by atoms with Crippen LogP contribution in [0.4, 0.5) is 0 Å². The Kier molecular flexibility index (Phi) is 4.34. The van der Waals surface area contributed by atoms with Crippen LogP contribution in [0.1, 0.15) is 12.0 Å². The first-order valence-electron chi connectivity index (χ1n) is 3.90. The molecule has 2 nitrogen and oxygen atoms in total. The van der Waals surface area contributed by atoms with Crippen molar-refractivity contribution in [2.75, 3.05) is 12.4 Å². The molecule has 3 heteroatoms. The second-order valence-corrected chi connectivity index (χ2v) is 3.15. The standard InChI is InChI=1S/C10H10BrNO/c1-13-10-6-9(7-12-8-10)4-2-3-5-11/h6-8H,3,5H2,1H3. The fourth-order valence-corrected chi connectivity index (χ4v) is 1.01. The summed E-state index contributed by atoms with van der Waals surface area (Å²) in [5.74, 6) is 6.75. The molecule has 0 fully saturated rings. The molecule has 0 saturated heterocycles. The number of pyridine rings is 1. The Morgan fingerprint density at radius 1 is 1.54 bits per heavy atom. The zero-order chi connectivity index (χ0) is 9.52. The van der Waals surface area contributed by atoms with Crippen LogP contribution in [0.3, 0.4) is 0 Å². The van der Waals surface area contributed by atoms with Gasteiger partial charge in [-0.1, -0.05) is 27.8 Å². The summed E-state index contributed by atoms with van der Waals surface area (Å²) in [5, 5.41) is 0.900. The smallest absolute Gasteiger partial charge is 0.138 e. The molecule has 0 spiro atoms. The molecule has 0 radical (unpaired) electrons. The Bertz CT molecular complexity index is 327. The second-order valence-electron chi connectivity index (χ2n) is 2.35.